The third kappa shape index (κ3) is 5.16. The number of rotatable bonds is 7. The van der Waals surface area contributed by atoms with Crippen molar-refractivity contribution in [1.82, 2.24) is 20.3 Å². The summed E-state index contributed by atoms with van der Waals surface area (Å²) >= 11 is 6.05. The maximum atomic E-state index is 12.6. The van der Waals surface area contributed by atoms with Gasteiger partial charge in [-0.05, 0) is 38.3 Å². The average molecular weight is 450 g/mol. The van der Waals surface area contributed by atoms with E-state index in [1.807, 2.05) is 18.7 Å². The van der Waals surface area contributed by atoms with Crippen LogP contribution in [-0.2, 0) is 15.9 Å². The smallest absolute Gasteiger partial charge is 0.338 e. The molecule has 0 unspecified atom stereocenters. The second-order valence-electron chi connectivity index (χ2n) is 7.38. The van der Waals surface area contributed by atoms with Gasteiger partial charge in [0.25, 0.3) is 5.91 Å². The Morgan fingerprint density at radius 2 is 2.16 bits per heavy atom. The Kier molecular flexibility index (Phi) is 7.50. The highest BCUT2D eigenvalue weighted by Gasteiger charge is 2.32. The Balaban J connectivity index is 1.70. The summed E-state index contributed by atoms with van der Waals surface area (Å²) < 4.78 is 10.8. The Labute approximate surface area is 186 Å². The zero-order valence-corrected chi connectivity index (χ0v) is 19.0. The molecule has 1 amide bonds. The zero-order chi connectivity index (χ0) is 22.5. The second kappa shape index (κ2) is 10.1. The summed E-state index contributed by atoms with van der Waals surface area (Å²) in [4.78, 5) is 38.4. The predicted molar refractivity (Wildman–Crippen MR) is 117 cm³/mol. The first kappa shape index (κ1) is 23.0. The molecule has 3 rings (SSSR count). The van der Waals surface area contributed by atoms with E-state index in [0.717, 1.165) is 11.3 Å². The SMILES string of the molecule is CCOC(=O)c1cc(N2CC[C@@H](NC(=O)c3nc(Cl)c(CC)[nH]3)[C@@H](OC)C2)ncc1C. The second-order valence-corrected chi connectivity index (χ2v) is 7.73. The number of hydrogen-bond donors (Lipinski definition) is 2. The lowest BCUT2D eigenvalue weighted by atomic mass is 10.0. The highest BCUT2D eigenvalue weighted by molar-refractivity contribution is 6.30. The van der Waals surface area contributed by atoms with E-state index in [1.54, 1.807) is 26.3 Å². The average Bonchev–Trinajstić information content (AvgIpc) is 3.15. The van der Waals surface area contributed by atoms with Crippen LogP contribution >= 0.6 is 11.6 Å². The molecule has 0 aromatic carbocycles. The van der Waals surface area contributed by atoms with Crippen LogP contribution in [0, 0.1) is 6.92 Å². The number of amides is 1. The van der Waals surface area contributed by atoms with Crippen LogP contribution in [0.5, 0.6) is 0 Å². The summed E-state index contributed by atoms with van der Waals surface area (Å²) in [5.74, 6) is 0.183. The summed E-state index contributed by atoms with van der Waals surface area (Å²) in [6.07, 6.45) is 2.71. The van der Waals surface area contributed by atoms with Crippen LogP contribution in [0.2, 0.25) is 5.15 Å². The number of aryl methyl sites for hydroxylation is 2. The largest absolute Gasteiger partial charge is 0.462 e. The lowest BCUT2D eigenvalue weighted by Gasteiger charge is -2.38. The van der Waals surface area contributed by atoms with E-state index in [1.165, 1.54) is 0 Å². The molecule has 1 aliphatic rings. The summed E-state index contributed by atoms with van der Waals surface area (Å²) in [5, 5.41) is 3.30. The molecular formula is C21H28ClN5O4. The van der Waals surface area contributed by atoms with E-state index in [2.05, 4.69) is 20.3 Å². The number of ether oxygens (including phenoxy) is 2. The Morgan fingerprint density at radius 3 is 2.81 bits per heavy atom. The molecule has 2 atom stereocenters. The van der Waals surface area contributed by atoms with Gasteiger partial charge in [-0.25, -0.2) is 14.8 Å². The van der Waals surface area contributed by atoms with E-state index in [0.29, 0.717) is 49.1 Å². The summed E-state index contributed by atoms with van der Waals surface area (Å²) in [5.41, 5.74) is 1.99. The minimum Gasteiger partial charge on any atom is -0.462 e. The maximum absolute atomic E-state index is 12.6. The number of methoxy groups -OCH3 is 1. The van der Waals surface area contributed by atoms with Crippen molar-refractivity contribution in [3.05, 3.63) is 40.1 Å². The van der Waals surface area contributed by atoms with Crippen LogP contribution in [0.4, 0.5) is 5.82 Å². The monoisotopic (exact) mass is 449 g/mol. The minimum absolute atomic E-state index is 0.193. The molecular weight excluding hydrogens is 422 g/mol. The summed E-state index contributed by atoms with van der Waals surface area (Å²) in [6, 6.07) is 1.55. The van der Waals surface area contributed by atoms with Gasteiger partial charge in [-0.2, -0.15) is 0 Å². The topological polar surface area (TPSA) is 109 Å². The Morgan fingerprint density at radius 1 is 1.39 bits per heavy atom. The molecule has 0 saturated carbocycles. The van der Waals surface area contributed by atoms with Gasteiger partial charge in [-0.3, -0.25) is 4.79 Å². The number of H-pyrrole nitrogens is 1. The van der Waals surface area contributed by atoms with Crippen LogP contribution in [0.3, 0.4) is 0 Å². The number of aromatic amines is 1. The number of imidazole rings is 1. The molecule has 2 N–H and O–H groups in total. The standard InChI is InChI=1S/C21H28ClN5O4/c1-5-14-18(22)26-19(24-14)20(28)25-15-7-8-27(11-16(15)30-4)17-9-13(12(3)10-23-17)21(29)31-6-2/h9-10,15-16H,5-8,11H2,1-4H3,(H,24,26)(H,25,28)/t15-,16+/m1/s1. The van der Waals surface area contributed by atoms with Gasteiger partial charge in [0.05, 0.1) is 30.0 Å². The summed E-state index contributed by atoms with van der Waals surface area (Å²) in [7, 11) is 1.61. The van der Waals surface area contributed by atoms with E-state index >= 15 is 0 Å². The normalized spacial score (nSPS) is 18.7. The van der Waals surface area contributed by atoms with Crippen molar-refractivity contribution in [3.63, 3.8) is 0 Å². The molecule has 2 aromatic heterocycles. The first-order chi connectivity index (χ1) is 14.9. The maximum Gasteiger partial charge on any atom is 0.338 e. The lowest BCUT2D eigenvalue weighted by Crippen LogP contribution is -2.55. The predicted octanol–water partition coefficient (Wildman–Crippen LogP) is 2.53. The number of nitrogens with one attached hydrogen (secondary N) is 2. The zero-order valence-electron chi connectivity index (χ0n) is 18.2. The molecule has 2 aromatic rings. The van der Waals surface area contributed by atoms with Crippen molar-refractivity contribution >= 4 is 29.3 Å². The number of carbonyl (C=O) groups excluding carboxylic acids is 2. The van der Waals surface area contributed by atoms with Crippen molar-refractivity contribution in [2.75, 3.05) is 31.7 Å². The third-order valence-electron chi connectivity index (χ3n) is 5.38. The highest BCUT2D eigenvalue weighted by atomic mass is 35.5. The van der Waals surface area contributed by atoms with Crippen molar-refractivity contribution in [1.29, 1.82) is 0 Å². The molecule has 1 saturated heterocycles. The van der Waals surface area contributed by atoms with Gasteiger partial charge in [0.2, 0.25) is 0 Å². The molecule has 10 heteroatoms. The molecule has 0 radical (unpaired) electrons. The van der Waals surface area contributed by atoms with Gasteiger partial charge in [0, 0.05) is 26.4 Å². The van der Waals surface area contributed by atoms with Gasteiger partial charge in [-0.1, -0.05) is 18.5 Å². The first-order valence-corrected chi connectivity index (χ1v) is 10.7. The molecule has 0 aliphatic carbocycles. The number of piperidine rings is 1. The fraction of sp³-hybridized carbons (Fsp3) is 0.524. The minimum atomic E-state index is -0.363. The molecule has 1 fully saturated rings. The summed E-state index contributed by atoms with van der Waals surface area (Å²) in [6.45, 7) is 7.00. The number of halogens is 1. The van der Waals surface area contributed by atoms with Crippen molar-refractivity contribution in [2.24, 2.45) is 0 Å². The van der Waals surface area contributed by atoms with Crippen molar-refractivity contribution in [2.45, 2.75) is 45.8 Å². The lowest BCUT2D eigenvalue weighted by molar-refractivity contribution is 0.0521. The molecule has 0 spiro atoms. The molecule has 168 valence electrons. The van der Waals surface area contributed by atoms with Crippen LogP contribution in [0.25, 0.3) is 0 Å². The molecule has 9 nitrogen and oxygen atoms in total. The number of nitrogens with zero attached hydrogens (tertiary/aromatic N) is 3. The first-order valence-electron chi connectivity index (χ1n) is 10.3. The van der Waals surface area contributed by atoms with Crippen LogP contribution in [-0.4, -0.2) is 65.8 Å². The number of anilines is 1. The number of aromatic nitrogens is 3. The van der Waals surface area contributed by atoms with Crippen LogP contribution in [0.1, 0.15) is 52.5 Å². The van der Waals surface area contributed by atoms with Gasteiger partial charge in [0.15, 0.2) is 11.0 Å². The van der Waals surface area contributed by atoms with Crippen LogP contribution in [0.15, 0.2) is 12.3 Å². The van der Waals surface area contributed by atoms with Gasteiger partial charge in [0.1, 0.15) is 5.82 Å². The number of hydrogen-bond acceptors (Lipinski definition) is 7. The quantitative estimate of drug-likeness (QED) is 0.625. The Hall–Kier alpha value is -2.65. The fourth-order valence-electron chi connectivity index (χ4n) is 3.61. The molecule has 1 aliphatic heterocycles. The highest BCUT2D eigenvalue weighted by Crippen LogP contribution is 2.23. The third-order valence-corrected chi connectivity index (χ3v) is 5.70. The van der Waals surface area contributed by atoms with E-state index < -0.39 is 0 Å². The van der Waals surface area contributed by atoms with Gasteiger partial charge < -0.3 is 24.7 Å². The van der Waals surface area contributed by atoms with Crippen molar-refractivity contribution in [3.8, 4) is 0 Å². The molecule has 31 heavy (non-hydrogen) atoms. The number of carbonyl (C=O) groups is 2. The van der Waals surface area contributed by atoms with Gasteiger partial charge >= 0.3 is 5.97 Å². The van der Waals surface area contributed by atoms with E-state index in [9.17, 15) is 9.59 Å². The van der Waals surface area contributed by atoms with Crippen molar-refractivity contribution < 1.29 is 19.1 Å². The molecule has 3 heterocycles. The van der Waals surface area contributed by atoms with E-state index in [4.69, 9.17) is 21.1 Å². The Bertz CT molecular complexity index is 948. The fourth-order valence-corrected chi connectivity index (χ4v) is 3.87. The van der Waals surface area contributed by atoms with Crippen LogP contribution < -0.4 is 10.2 Å². The molecule has 0 bridgehead atoms. The van der Waals surface area contributed by atoms with Gasteiger partial charge in [-0.15, -0.1) is 0 Å². The number of pyridine rings is 1. The van der Waals surface area contributed by atoms with E-state index in [-0.39, 0.29) is 29.8 Å². The number of esters is 1.